The number of rotatable bonds is 4. The molecule has 0 saturated carbocycles. The maximum Gasteiger partial charge on any atom is 0.260 e. The van der Waals surface area contributed by atoms with E-state index in [2.05, 4.69) is 31.9 Å². The quantitative estimate of drug-likeness (QED) is 0.827. The molecule has 20 heavy (non-hydrogen) atoms. The van der Waals surface area contributed by atoms with Crippen molar-refractivity contribution in [2.45, 2.75) is 6.61 Å². The second-order valence-electron chi connectivity index (χ2n) is 4.33. The van der Waals surface area contributed by atoms with Gasteiger partial charge in [0.15, 0.2) is 6.61 Å². The predicted octanol–water partition coefficient (Wildman–Crippen LogP) is 1.94. The van der Waals surface area contributed by atoms with Crippen LogP contribution in [0.2, 0.25) is 0 Å². The number of carbonyl (C=O) groups excluding carboxylic acids is 1. The van der Waals surface area contributed by atoms with Crippen molar-refractivity contribution >= 4 is 37.8 Å². The highest BCUT2D eigenvalue weighted by Crippen LogP contribution is 2.34. The maximum atomic E-state index is 12.0. The minimum absolute atomic E-state index is 0.0182. The molecule has 0 aliphatic carbocycles. The van der Waals surface area contributed by atoms with Crippen LogP contribution in [-0.2, 0) is 16.1 Å². The van der Waals surface area contributed by atoms with Gasteiger partial charge in [0.2, 0.25) is 0 Å². The van der Waals surface area contributed by atoms with Crippen LogP contribution in [0, 0.1) is 0 Å². The van der Waals surface area contributed by atoms with Crippen molar-refractivity contribution in [3.05, 3.63) is 26.6 Å². The van der Waals surface area contributed by atoms with E-state index in [9.17, 15) is 4.79 Å². The van der Waals surface area contributed by atoms with E-state index in [0.29, 0.717) is 41.0 Å². The Morgan fingerprint density at radius 2 is 1.90 bits per heavy atom. The first kappa shape index (κ1) is 15.8. The smallest absolute Gasteiger partial charge is 0.260 e. The number of nitrogens with zero attached hydrogens (tertiary/aromatic N) is 1. The third-order valence-corrected chi connectivity index (χ3v) is 4.12. The predicted molar refractivity (Wildman–Crippen MR) is 80.7 cm³/mol. The van der Waals surface area contributed by atoms with Crippen LogP contribution in [0.4, 0.5) is 0 Å². The Bertz CT molecular complexity index is 466. The molecule has 0 spiro atoms. The zero-order valence-corrected chi connectivity index (χ0v) is 13.9. The molecule has 0 bridgehead atoms. The zero-order valence-electron chi connectivity index (χ0n) is 10.8. The lowest BCUT2D eigenvalue weighted by molar-refractivity contribution is -0.137. The highest BCUT2D eigenvalue weighted by molar-refractivity contribution is 9.11. The lowest BCUT2D eigenvalue weighted by Crippen LogP contribution is -2.43. The molecule has 1 saturated heterocycles. The molecule has 1 N–H and O–H groups in total. The summed E-state index contributed by atoms with van der Waals surface area (Å²) in [6.45, 7) is 2.29. The topological polar surface area (TPSA) is 59.0 Å². The van der Waals surface area contributed by atoms with Gasteiger partial charge in [0.05, 0.1) is 28.8 Å². The van der Waals surface area contributed by atoms with Crippen LogP contribution in [0.3, 0.4) is 0 Å². The molecule has 110 valence electrons. The number of amides is 1. The number of aliphatic hydroxyl groups excluding tert-OH is 1. The van der Waals surface area contributed by atoms with Gasteiger partial charge in [-0.3, -0.25) is 4.79 Å². The first-order valence-electron chi connectivity index (χ1n) is 6.19. The maximum absolute atomic E-state index is 12.0. The van der Waals surface area contributed by atoms with Crippen LogP contribution in [0.5, 0.6) is 5.75 Å². The Balaban J connectivity index is 1.98. The van der Waals surface area contributed by atoms with E-state index in [-0.39, 0.29) is 19.1 Å². The molecule has 5 nitrogen and oxygen atoms in total. The van der Waals surface area contributed by atoms with Crippen molar-refractivity contribution < 1.29 is 19.4 Å². The van der Waals surface area contributed by atoms with Gasteiger partial charge in [-0.15, -0.1) is 0 Å². The van der Waals surface area contributed by atoms with Gasteiger partial charge in [0.1, 0.15) is 5.75 Å². The minimum Gasteiger partial charge on any atom is -0.481 e. The van der Waals surface area contributed by atoms with Gasteiger partial charge in [-0.1, -0.05) is 0 Å². The van der Waals surface area contributed by atoms with Gasteiger partial charge < -0.3 is 19.5 Å². The summed E-state index contributed by atoms with van der Waals surface area (Å²) in [4.78, 5) is 13.7. The third kappa shape index (κ3) is 3.94. The lowest BCUT2D eigenvalue weighted by Gasteiger charge is -2.26. The molecule has 1 amide bonds. The Morgan fingerprint density at radius 3 is 2.45 bits per heavy atom. The second-order valence-corrected chi connectivity index (χ2v) is 6.04. The summed E-state index contributed by atoms with van der Waals surface area (Å²) in [6, 6.07) is 3.53. The number of morpholine rings is 1. The molecule has 1 aliphatic heterocycles. The Morgan fingerprint density at radius 1 is 1.30 bits per heavy atom. The van der Waals surface area contributed by atoms with E-state index in [4.69, 9.17) is 14.6 Å². The number of hydrogen-bond acceptors (Lipinski definition) is 4. The fourth-order valence-corrected chi connectivity index (χ4v) is 3.39. The first-order valence-corrected chi connectivity index (χ1v) is 7.77. The molecule has 7 heteroatoms. The summed E-state index contributed by atoms with van der Waals surface area (Å²) in [5.74, 6) is 0.502. The molecule has 0 aromatic heterocycles. The van der Waals surface area contributed by atoms with Crippen molar-refractivity contribution in [1.82, 2.24) is 4.90 Å². The van der Waals surface area contributed by atoms with E-state index in [1.807, 2.05) is 0 Å². The molecule has 0 unspecified atom stereocenters. The highest BCUT2D eigenvalue weighted by atomic mass is 79.9. The van der Waals surface area contributed by atoms with Crippen LogP contribution in [0.25, 0.3) is 0 Å². The summed E-state index contributed by atoms with van der Waals surface area (Å²) in [5, 5.41) is 9.11. The normalized spacial score (nSPS) is 15.2. The monoisotopic (exact) mass is 407 g/mol. The van der Waals surface area contributed by atoms with Gasteiger partial charge in [0, 0.05) is 13.1 Å². The summed E-state index contributed by atoms with van der Waals surface area (Å²) in [5.41, 5.74) is 0.760. The zero-order chi connectivity index (χ0) is 14.5. The average molecular weight is 409 g/mol. The van der Waals surface area contributed by atoms with Gasteiger partial charge in [-0.2, -0.15) is 0 Å². The van der Waals surface area contributed by atoms with E-state index in [1.54, 1.807) is 17.0 Å². The minimum atomic E-state index is -0.0571. The number of halogens is 2. The fourth-order valence-electron chi connectivity index (χ4n) is 1.88. The molecular formula is C13H15Br2NO4. The first-order chi connectivity index (χ1) is 9.61. The summed E-state index contributed by atoms with van der Waals surface area (Å²) >= 11 is 6.75. The standard InChI is InChI=1S/C13H15Br2NO4/c14-10-5-9(7-17)6-11(15)13(10)20-8-12(18)16-1-3-19-4-2-16/h5-6,17H,1-4,7-8H2. The van der Waals surface area contributed by atoms with E-state index in [1.165, 1.54) is 0 Å². The number of benzene rings is 1. The Hall–Kier alpha value is -0.630. The SMILES string of the molecule is O=C(COc1c(Br)cc(CO)cc1Br)N1CCOCC1. The van der Waals surface area contributed by atoms with Crippen LogP contribution >= 0.6 is 31.9 Å². The van der Waals surface area contributed by atoms with Crippen molar-refractivity contribution in [2.75, 3.05) is 32.9 Å². The molecular weight excluding hydrogens is 394 g/mol. The molecule has 0 radical (unpaired) electrons. The van der Waals surface area contributed by atoms with Gasteiger partial charge >= 0.3 is 0 Å². The van der Waals surface area contributed by atoms with E-state index >= 15 is 0 Å². The molecule has 1 fully saturated rings. The molecule has 2 rings (SSSR count). The summed E-state index contributed by atoms with van der Waals surface area (Å²) < 4.78 is 12.2. The lowest BCUT2D eigenvalue weighted by atomic mass is 10.2. The van der Waals surface area contributed by atoms with Crippen LogP contribution in [-0.4, -0.2) is 48.8 Å². The Labute approximate surface area is 134 Å². The van der Waals surface area contributed by atoms with Crippen molar-refractivity contribution in [3.8, 4) is 5.75 Å². The van der Waals surface area contributed by atoms with Crippen molar-refractivity contribution in [3.63, 3.8) is 0 Å². The number of aliphatic hydroxyl groups is 1. The number of carbonyl (C=O) groups is 1. The van der Waals surface area contributed by atoms with Gasteiger partial charge in [-0.05, 0) is 49.6 Å². The van der Waals surface area contributed by atoms with Crippen molar-refractivity contribution in [2.24, 2.45) is 0 Å². The van der Waals surface area contributed by atoms with Crippen LogP contribution in [0.15, 0.2) is 21.1 Å². The highest BCUT2D eigenvalue weighted by Gasteiger charge is 2.18. The van der Waals surface area contributed by atoms with Crippen molar-refractivity contribution in [1.29, 1.82) is 0 Å². The van der Waals surface area contributed by atoms with Gasteiger partial charge in [-0.25, -0.2) is 0 Å². The van der Waals surface area contributed by atoms with Crippen LogP contribution in [0.1, 0.15) is 5.56 Å². The van der Waals surface area contributed by atoms with Gasteiger partial charge in [0.25, 0.3) is 5.91 Å². The van der Waals surface area contributed by atoms with Crippen LogP contribution < -0.4 is 4.74 Å². The third-order valence-electron chi connectivity index (χ3n) is 2.94. The fraction of sp³-hybridized carbons (Fsp3) is 0.462. The average Bonchev–Trinajstić information content (AvgIpc) is 2.46. The summed E-state index contributed by atoms with van der Waals surface area (Å²) in [7, 11) is 0. The molecule has 1 aliphatic rings. The molecule has 0 atom stereocenters. The second kappa shape index (κ2) is 7.40. The molecule has 1 aromatic rings. The Kier molecular flexibility index (Phi) is 5.83. The molecule has 1 aromatic carbocycles. The number of hydrogen-bond donors (Lipinski definition) is 1. The van der Waals surface area contributed by atoms with E-state index < -0.39 is 0 Å². The summed E-state index contributed by atoms with van der Waals surface area (Å²) in [6.07, 6.45) is 0. The molecule has 1 heterocycles. The number of ether oxygens (including phenoxy) is 2. The van der Waals surface area contributed by atoms with E-state index in [0.717, 1.165) is 5.56 Å². The largest absolute Gasteiger partial charge is 0.481 e.